The van der Waals surface area contributed by atoms with Crippen LogP contribution in [0.2, 0.25) is 0 Å². The third kappa shape index (κ3) is 2.50. The second-order valence-corrected chi connectivity index (χ2v) is 3.84. The molecule has 1 saturated heterocycles. The average molecular weight is 237 g/mol. The Morgan fingerprint density at radius 1 is 1.53 bits per heavy atom. The summed E-state index contributed by atoms with van der Waals surface area (Å²) in [5.74, 6) is 0.710. The molecule has 1 amide bonds. The maximum absolute atomic E-state index is 11.3. The number of aliphatic hydroxyl groups is 1. The maximum Gasteiger partial charge on any atom is 0.410 e. The van der Waals surface area contributed by atoms with Crippen LogP contribution in [0, 0.1) is 0 Å². The Morgan fingerprint density at radius 2 is 2.35 bits per heavy atom. The van der Waals surface area contributed by atoms with E-state index in [4.69, 9.17) is 14.6 Å². The summed E-state index contributed by atoms with van der Waals surface area (Å²) in [6, 6.07) is 5.43. The number of hydrogen-bond donors (Lipinski definition) is 1. The molecule has 1 aliphatic heterocycles. The van der Waals surface area contributed by atoms with Gasteiger partial charge in [0.25, 0.3) is 0 Å². The van der Waals surface area contributed by atoms with Crippen LogP contribution in [0.4, 0.5) is 4.79 Å². The normalized spacial score (nSPS) is 14.9. The summed E-state index contributed by atoms with van der Waals surface area (Å²) < 4.78 is 10.1. The highest BCUT2D eigenvalue weighted by Gasteiger charge is 2.23. The number of benzene rings is 1. The minimum Gasteiger partial charge on any atom is -0.496 e. The molecule has 2 rings (SSSR count). The smallest absolute Gasteiger partial charge is 0.410 e. The summed E-state index contributed by atoms with van der Waals surface area (Å²) >= 11 is 0. The van der Waals surface area contributed by atoms with Gasteiger partial charge in [0.15, 0.2) is 0 Å². The van der Waals surface area contributed by atoms with E-state index in [9.17, 15) is 4.79 Å². The fourth-order valence-corrected chi connectivity index (χ4v) is 1.83. The molecular weight excluding hydrogens is 222 g/mol. The number of aliphatic hydroxyl groups excluding tert-OH is 1. The lowest BCUT2D eigenvalue weighted by Crippen LogP contribution is -2.23. The zero-order valence-corrected chi connectivity index (χ0v) is 9.68. The van der Waals surface area contributed by atoms with Crippen LogP contribution in [0.1, 0.15) is 11.1 Å². The number of amides is 1. The number of rotatable bonds is 4. The first kappa shape index (κ1) is 11.7. The van der Waals surface area contributed by atoms with Crippen LogP contribution >= 0.6 is 0 Å². The molecule has 1 N–H and O–H groups in total. The van der Waals surface area contributed by atoms with Crippen LogP contribution in [-0.4, -0.2) is 36.4 Å². The number of ether oxygens (including phenoxy) is 2. The van der Waals surface area contributed by atoms with Crippen molar-refractivity contribution in [2.24, 2.45) is 0 Å². The van der Waals surface area contributed by atoms with Crippen molar-refractivity contribution in [2.45, 2.75) is 13.2 Å². The number of cyclic esters (lactones) is 1. The molecule has 5 nitrogen and oxygen atoms in total. The van der Waals surface area contributed by atoms with Gasteiger partial charge in [-0.05, 0) is 17.7 Å². The molecule has 1 aromatic carbocycles. The molecule has 1 aromatic rings. The predicted molar refractivity (Wildman–Crippen MR) is 60.7 cm³/mol. The minimum atomic E-state index is -0.304. The van der Waals surface area contributed by atoms with E-state index < -0.39 is 0 Å². The molecule has 1 heterocycles. The van der Waals surface area contributed by atoms with E-state index in [1.54, 1.807) is 24.1 Å². The zero-order valence-electron chi connectivity index (χ0n) is 9.68. The predicted octanol–water partition coefficient (Wildman–Crippen LogP) is 1.14. The minimum absolute atomic E-state index is 0.0263. The van der Waals surface area contributed by atoms with Gasteiger partial charge in [0.1, 0.15) is 12.4 Å². The highest BCUT2D eigenvalue weighted by atomic mass is 16.6. The van der Waals surface area contributed by atoms with Gasteiger partial charge in [-0.1, -0.05) is 6.07 Å². The fraction of sp³-hybridized carbons (Fsp3) is 0.417. The van der Waals surface area contributed by atoms with Crippen molar-refractivity contribution in [3.63, 3.8) is 0 Å². The molecule has 0 aromatic heterocycles. The van der Waals surface area contributed by atoms with Crippen molar-refractivity contribution < 1.29 is 19.4 Å². The Balaban J connectivity index is 2.20. The molecule has 0 spiro atoms. The molecule has 0 unspecified atom stereocenters. The van der Waals surface area contributed by atoms with Crippen molar-refractivity contribution in [1.29, 1.82) is 0 Å². The summed E-state index contributed by atoms with van der Waals surface area (Å²) in [7, 11) is 1.58. The van der Waals surface area contributed by atoms with Crippen molar-refractivity contribution >= 4 is 6.09 Å². The molecule has 17 heavy (non-hydrogen) atoms. The monoisotopic (exact) mass is 237 g/mol. The van der Waals surface area contributed by atoms with Crippen molar-refractivity contribution in [1.82, 2.24) is 4.90 Å². The molecule has 5 heteroatoms. The summed E-state index contributed by atoms with van der Waals surface area (Å²) in [6.45, 7) is 1.43. The first-order valence-electron chi connectivity index (χ1n) is 5.43. The molecule has 0 bridgehead atoms. The van der Waals surface area contributed by atoms with Crippen molar-refractivity contribution in [3.05, 3.63) is 29.3 Å². The van der Waals surface area contributed by atoms with Gasteiger partial charge in [-0.25, -0.2) is 4.79 Å². The van der Waals surface area contributed by atoms with Crippen LogP contribution in [0.25, 0.3) is 0 Å². The summed E-state index contributed by atoms with van der Waals surface area (Å²) in [5, 5.41) is 9.09. The van der Waals surface area contributed by atoms with Crippen LogP contribution in [0.3, 0.4) is 0 Å². The van der Waals surface area contributed by atoms with Gasteiger partial charge in [0.2, 0.25) is 0 Å². The van der Waals surface area contributed by atoms with Crippen LogP contribution in [0.15, 0.2) is 18.2 Å². The lowest BCUT2D eigenvalue weighted by Gasteiger charge is -2.15. The number of methoxy groups -OCH3 is 1. The van der Waals surface area contributed by atoms with E-state index in [0.29, 0.717) is 25.4 Å². The van der Waals surface area contributed by atoms with Gasteiger partial charge in [-0.3, -0.25) is 0 Å². The van der Waals surface area contributed by atoms with Crippen LogP contribution in [0.5, 0.6) is 5.75 Å². The van der Waals surface area contributed by atoms with Gasteiger partial charge in [-0.2, -0.15) is 0 Å². The largest absolute Gasteiger partial charge is 0.496 e. The second-order valence-electron chi connectivity index (χ2n) is 3.84. The third-order valence-electron chi connectivity index (χ3n) is 2.73. The number of carbonyl (C=O) groups excluding carboxylic acids is 1. The molecule has 0 saturated carbocycles. The topological polar surface area (TPSA) is 59.0 Å². The SMILES string of the molecule is COc1ccc(CO)cc1CN1CCOC1=O. The molecular formula is C12H15NO4. The van der Waals surface area contributed by atoms with E-state index >= 15 is 0 Å². The number of hydrogen-bond acceptors (Lipinski definition) is 4. The van der Waals surface area contributed by atoms with E-state index in [2.05, 4.69) is 0 Å². The third-order valence-corrected chi connectivity index (χ3v) is 2.73. The number of carbonyl (C=O) groups is 1. The molecule has 1 fully saturated rings. The Bertz CT molecular complexity index is 419. The Kier molecular flexibility index (Phi) is 3.49. The summed E-state index contributed by atoms with van der Waals surface area (Å²) in [4.78, 5) is 13.0. The van der Waals surface area contributed by atoms with Crippen molar-refractivity contribution in [3.8, 4) is 5.75 Å². The quantitative estimate of drug-likeness (QED) is 0.853. The second kappa shape index (κ2) is 5.05. The first-order valence-corrected chi connectivity index (χ1v) is 5.43. The van der Waals surface area contributed by atoms with E-state index in [0.717, 1.165) is 11.1 Å². The highest BCUT2D eigenvalue weighted by molar-refractivity contribution is 5.69. The molecule has 0 atom stereocenters. The van der Waals surface area contributed by atoms with E-state index in [-0.39, 0.29) is 12.7 Å². The maximum atomic E-state index is 11.3. The van der Waals surface area contributed by atoms with Gasteiger partial charge < -0.3 is 19.5 Å². The molecule has 0 aliphatic carbocycles. The van der Waals surface area contributed by atoms with E-state index in [1.165, 1.54) is 0 Å². The Hall–Kier alpha value is -1.75. The van der Waals surface area contributed by atoms with Gasteiger partial charge in [-0.15, -0.1) is 0 Å². The molecule has 0 radical (unpaired) electrons. The lowest BCUT2D eigenvalue weighted by molar-refractivity contribution is 0.157. The van der Waals surface area contributed by atoms with Crippen LogP contribution < -0.4 is 4.74 Å². The Labute approximate surface area is 99.6 Å². The van der Waals surface area contributed by atoms with Gasteiger partial charge in [0.05, 0.1) is 26.8 Å². The summed E-state index contributed by atoms with van der Waals surface area (Å²) in [5.41, 5.74) is 1.67. The van der Waals surface area contributed by atoms with Gasteiger partial charge >= 0.3 is 6.09 Å². The van der Waals surface area contributed by atoms with Crippen LogP contribution in [-0.2, 0) is 17.9 Å². The van der Waals surface area contributed by atoms with Crippen molar-refractivity contribution in [2.75, 3.05) is 20.3 Å². The standard InChI is InChI=1S/C12H15NO4/c1-16-11-3-2-9(8-14)6-10(11)7-13-4-5-17-12(13)15/h2-3,6,14H,4-5,7-8H2,1H3. The van der Waals surface area contributed by atoms with Gasteiger partial charge in [0, 0.05) is 5.56 Å². The van der Waals surface area contributed by atoms with E-state index in [1.807, 2.05) is 6.07 Å². The molecule has 92 valence electrons. The zero-order chi connectivity index (χ0) is 12.3. The highest BCUT2D eigenvalue weighted by Crippen LogP contribution is 2.22. The summed E-state index contributed by atoms with van der Waals surface area (Å²) in [6.07, 6.45) is -0.304. The average Bonchev–Trinajstić information content (AvgIpc) is 2.75. The number of nitrogens with zero attached hydrogens (tertiary/aromatic N) is 1. The molecule has 1 aliphatic rings. The first-order chi connectivity index (χ1) is 8.24. The fourth-order valence-electron chi connectivity index (χ4n) is 1.83. The lowest BCUT2D eigenvalue weighted by atomic mass is 10.1. The Morgan fingerprint density at radius 3 is 2.94 bits per heavy atom.